The molecule has 6 heteroatoms. The first-order valence-electron chi connectivity index (χ1n) is 16.0. The lowest BCUT2D eigenvalue weighted by Gasteiger charge is -2.19. The number of hydrogen-bond donors (Lipinski definition) is 0. The molecule has 0 saturated carbocycles. The van der Waals surface area contributed by atoms with Gasteiger partial charge < -0.3 is 9.47 Å². The van der Waals surface area contributed by atoms with E-state index in [1.54, 1.807) is 25.1 Å². The van der Waals surface area contributed by atoms with Crippen LogP contribution in [0.4, 0.5) is 0 Å². The van der Waals surface area contributed by atoms with Gasteiger partial charge in [0.2, 0.25) is 0 Å². The van der Waals surface area contributed by atoms with Crippen molar-refractivity contribution in [1.82, 2.24) is 0 Å². The summed E-state index contributed by atoms with van der Waals surface area (Å²) in [5, 5.41) is 0. The van der Waals surface area contributed by atoms with Gasteiger partial charge in [0, 0.05) is 24.0 Å². The van der Waals surface area contributed by atoms with Crippen molar-refractivity contribution in [2.24, 2.45) is 11.8 Å². The zero-order chi connectivity index (χ0) is 30.6. The van der Waals surface area contributed by atoms with E-state index < -0.39 is 12.2 Å². The van der Waals surface area contributed by atoms with Crippen LogP contribution in [0.3, 0.4) is 0 Å². The molecule has 0 fully saturated rings. The molecule has 0 aliphatic rings. The van der Waals surface area contributed by atoms with E-state index in [4.69, 9.17) is 9.47 Å². The van der Waals surface area contributed by atoms with Gasteiger partial charge in [0.1, 0.15) is 25.4 Å². The van der Waals surface area contributed by atoms with Crippen molar-refractivity contribution in [3.05, 3.63) is 35.4 Å². The van der Waals surface area contributed by atoms with Crippen molar-refractivity contribution in [2.75, 3.05) is 13.2 Å². The zero-order valence-corrected chi connectivity index (χ0v) is 26.7. The van der Waals surface area contributed by atoms with Crippen LogP contribution in [0, 0.1) is 11.8 Å². The summed E-state index contributed by atoms with van der Waals surface area (Å²) in [5.41, 5.74) is 0.706. The van der Waals surface area contributed by atoms with Crippen LogP contribution >= 0.6 is 0 Å². The van der Waals surface area contributed by atoms with Crippen molar-refractivity contribution in [2.45, 2.75) is 137 Å². The van der Waals surface area contributed by atoms with E-state index in [0.717, 1.165) is 19.3 Å². The van der Waals surface area contributed by atoms with Crippen molar-refractivity contribution < 1.29 is 28.7 Å². The van der Waals surface area contributed by atoms with Crippen LogP contribution in [0.2, 0.25) is 0 Å². The summed E-state index contributed by atoms with van der Waals surface area (Å²) in [5.74, 6) is 0.0189. The predicted molar refractivity (Wildman–Crippen MR) is 166 cm³/mol. The Morgan fingerprint density at radius 2 is 1.07 bits per heavy atom. The van der Waals surface area contributed by atoms with E-state index in [1.807, 2.05) is 27.7 Å². The molecule has 6 nitrogen and oxygen atoms in total. The average Bonchev–Trinajstić information content (AvgIpc) is 2.95. The lowest BCUT2D eigenvalue weighted by atomic mass is 9.98. The molecule has 1 aromatic carbocycles. The van der Waals surface area contributed by atoms with E-state index in [2.05, 4.69) is 6.92 Å². The molecule has 0 bridgehead atoms. The quantitative estimate of drug-likeness (QED) is 0.0864. The molecule has 0 aromatic heterocycles. The summed E-state index contributed by atoms with van der Waals surface area (Å²) >= 11 is 0. The Bertz CT molecular complexity index is 919. The summed E-state index contributed by atoms with van der Waals surface area (Å²) in [7, 11) is 0. The Kier molecular flexibility index (Phi) is 19.3. The number of benzene rings is 1. The fraction of sp³-hybridized carbons (Fsp3) is 0.714. The minimum atomic E-state index is -0.604. The normalized spacial score (nSPS) is 13.0. The van der Waals surface area contributed by atoms with Gasteiger partial charge in [-0.25, -0.2) is 0 Å². The van der Waals surface area contributed by atoms with Gasteiger partial charge in [-0.05, 0) is 37.2 Å². The molecule has 2 atom stereocenters. The number of hydrogen-bond acceptors (Lipinski definition) is 6. The summed E-state index contributed by atoms with van der Waals surface area (Å²) in [4.78, 5) is 50.9. The predicted octanol–water partition coefficient (Wildman–Crippen LogP) is 8.38. The second kappa shape index (κ2) is 21.5. The zero-order valence-electron chi connectivity index (χ0n) is 26.7. The second-order valence-electron chi connectivity index (χ2n) is 12.2. The minimum absolute atomic E-state index is 0.0177. The lowest BCUT2D eigenvalue weighted by molar-refractivity contribution is -0.131. The highest BCUT2D eigenvalue weighted by Crippen LogP contribution is 2.17. The molecule has 0 unspecified atom stereocenters. The van der Waals surface area contributed by atoms with Crippen LogP contribution in [0.15, 0.2) is 24.3 Å². The standard InChI is InChI=1S/C35H56O6/c1-7-9-10-11-12-13-14-15-16-20-31(37)35(22-27(5)6)41-25-33(39)29-19-17-18-28(23-29)32(38)24-40-34(21-26(3)4)30(36)8-2/h17-19,23,26-27,34-35H,7-16,20-22,24-25H2,1-6H3/t34-,35-/m1/s1. The molecule has 1 aromatic rings. The van der Waals surface area contributed by atoms with Crippen LogP contribution < -0.4 is 0 Å². The van der Waals surface area contributed by atoms with Gasteiger partial charge in [0.15, 0.2) is 23.1 Å². The van der Waals surface area contributed by atoms with Crippen molar-refractivity contribution >= 4 is 23.1 Å². The molecule has 41 heavy (non-hydrogen) atoms. The van der Waals surface area contributed by atoms with Gasteiger partial charge in [-0.3, -0.25) is 19.2 Å². The molecule has 0 aliphatic heterocycles. The van der Waals surface area contributed by atoms with Crippen molar-refractivity contribution in [3.8, 4) is 0 Å². The maximum atomic E-state index is 13.0. The Balaban J connectivity index is 2.61. The van der Waals surface area contributed by atoms with Crippen LogP contribution in [0.25, 0.3) is 0 Å². The first kappa shape index (κ1) is 36.8. The van der Waals surface area contributed by atoms with Crippen molar-refractivity contribution in [1.29, 1.82) is 0 Å². The largest absolute Gasteiger partial charge is 0.362 e. The molecule has 0 N–H and O–H groups in total. The number of ether oxygens (including phenoxy) is 2. The molecule has 0 spiro atoms. The average molecular weight is 573 g/mol. The van der Waals surface area contributed by atoms with Gasteiger partial charge in [-0.2, -0.15) is 0 Å². The number of unbranched alkanes of at least 4 members (excludes halogenated alkanes) is 8. The summed E-state index contributed by atoms with van der Waals surface area (Å²) < 4.78 is 11.6. The molecular formula is C35H56O6. The van der Waals surface area contributed by atoms with Gasteiger partial charge in [-0.15, -0.1) is 0 Å². The molecule has 0 aliphatic carbocycles. The highest BCUT2D eigenvalue weighted by molar-refractivity contribution is 6.02. The van der Waals surface area contributed by atoms with Gasteiger partial charge in [0.25, 0.3) is 0 Å². The molecule has 0 amide bonds. The number of carbonyl (C=O) groups is 4. The number of Topliss-reactive ketones (excluding diaryl/α,β-unsaturated/α-hetero) is 4. The third kappa shape index (κ3) is 16.1. The molecule has 0 saturated heterocycles. The third-order valence-electron chi connectivity index (χ3n) is 7.30. The minimum Gasteiger partial charge on any atom is -0.362 e. The van der Waals surface area contributed by atoms with Crippen LogP contribution in [0.5, 0.6) is 0 Å². The van der Waals surface area contributed by atoms with Crippen LogP contribution in [0.1, 0.15) is 146 Å². The number of carbonyl (C=O) groups excluding carboxylic acids is 4. The molecule has 0 heterocycles. The molecular weight excluding hydrogens is 516 g/mol. The van der Waals surface area contributed by atoms with E-state index in [0.29, 0.717) is 36.8 Å². The second-order valence-corrected chi connectivity index (χ2v) is 12.2. The Morgan fingerprint density at radius 1 is 0.634 bits per heavy atom. The van der Waals surface area contributed by atoms with Crippen molar-refractivity contribution in [3.63, 3.8) is 0 Å². The molecule has 1 rings (SSSR count). The lowest BCUT2D eigenvalue weighted by Crippen LogP contribution is -2.29. The highest BCUT2D eigenvalue weighted by Gasteiger charge is 2.23. The van der Waals surface area contributed by atoms with Crippen LogP contribution in [-0.2, 0) is 19.1 Å². The summed E-state index contributed by atoms with van der Waals surface area (Å²) in [6, 6.07) is 6.48. The number of ketones is 4. The number of rotatable bonds is 25. The van der Waals surface area contributed by atoms with E-state index >= 15 is 0 Å². The fourth-order valence-corrected chi connectivity index (χ4v) is 4.83. The first-order valence-corrected chi connectivity index (χ1v) is 16.0. The van der Waals surface area contributed by atoms with E-state index in [9.17, 15) is 19.2 Å². The monoisotopic (exact) mass is 572 g/mol. The molecule has 232 valence electrons. The van der Waals surface area contributed by atoms with E-state index in [-0.39, 0.29) is 48.2 Å². The van der Waals surface area contributed by atoms with Gasteiger partial charge in [0.05, 0.1) is 0 Å². The van der Waals surface area contributed by atoms with Crippen LogP contribution in [-0.4, -0.2) is 48.6 Å². The smallest absolute Gasteiger partial charge is 0.188 e. The van der Waals surface area contributed by atoms with E-state index in [1.165, 1.54) is 44.6 Å². The summed E-state index contributed by atoms with van der Waals surface area (Å²) in [6.07, 6.45) is 11.5. The summed E-state index contributed by atoms with van der Waals surface area (Å²) in [6.45, 7) is 11.7. The topological polar surface area (TPSA) is 86.7 Å². The Labute approximate surface area is 249 Å². The SMILES string of the molecule is CCCCCCCCCCCC(=O)[C@@H](CC(C)C)OCC(=O)c1cccc(C(=O)CO[C@H](CC(C)C)C(=O)CC)c1. The Morgan fingerprint density at radius 3 is 1.51 bits per heavy atom. The maximum Gasteiger partial charge on any atom is 0.188 e. The Hall–Kier alpha value is -2.18. The fourth-order valence-electron chi connectivity index (χ4n) is 4.83. The maximum absolute atomic E-state index is 13.0. The third-order valence-corrected chi connectivity index (χ3v) is 7.30. The van der Waals surface area contributed by atoms with Gasteiger partial charge >= 0.3 is 0 Å². The molecule has 0 radical (unpaired) electrons. The highest BCUT2D eigenvalue weighted by atomic mass is 16.5. The van der Waals surface area contributed by atoms with Gasteiger partial charge in [-0.1, -0.05) is 111 Å². The first-order chi connectivity index (χ1) is 19.6.